The predicted molar refractivity (Wildman–Crippen MR) is 104 cm³/mol. The molecule has 2 rings (SSSR count). The van der Waals surface area contributed by atoms with Crippen molar-refractivity contribution in [2.24, 2.45) is 0 Å². The second-order valence-corrected chi connectivity index (χ2v) is 7.30. The summed E-state index contributed by atoms with van der Waals surface area (Å²) in [4.78, 5) is 35.9. The normalized spacial score (nSPS) is 11.0. The smallest absolute Gasteiger partial charge is 0.341 e. The van der Waals surface area contributed by atoms with Crippen molar-refractivity contribution < 1.29 is 19.1 Å². The van der Waals surface area contributed by atoms with Gasteiger partial charge in [-0.3, -0.25) is 9.59 Å². The minimum Gasteiger partial charge on any atom is -0.462 e. The van der Waals surface area contributed by atoms with Crippen molar-refractivity contribution in [1.29, 1.82) is 0 Å². The quantitative estimate of drug-likeness (QED) is 0.740. The van der Waals surface area contributed by atoms with Crippen LogP contribution < -0.4 is 10.6 Å². The first-order valence-electron chi connectivity index (χ1n) is 9.03. The number of hydrogen-bond donors (Lipinski definition) is 2. The van der Waals surface area contributed by atoms with E-state index >= 15 is 0 Å². The molecule has 8 heteroatoms. The number of carbonyl (C=O) groups is 3. The van der Waals surface area contributed by atoms with Crippen molar-refractivity contribution in [3.63, 3.8) is 0 Å². The lowest BCUT2D eigenvalue weighted by Gasteiger charge is -2.20. The fourth-order valence-corrected chi connectivity index (χ4v) is 2.56. The van der Waals surface area contributed by atoms with E-state index in [0.717, 1.165) is 0 Å². The van der Waals surface area contributed by atoms with Crippen LogP contribution in [0.15, 0.2) is 30.5 Å². The van der Waals surface area contributed by atoms with E-state index in [2.05, 4.69) is 15.7 Å². The molecule has 0 fully saturated rings. The van der Waals surface area contributed by atoms with Crippen molar-refractivity contribution >= 4 is 17.8 Å². The Morgan fingerprint density at radius 2 is 1.79 bits per heavy atom. The van der Waals surface area contributed by atoms with Gasteiger partial charge in [0.25, 0.3) is 5.91 Å². The molecule has 0 aliphatic rings. The number of nitrogens with one attached hydrogen (secondary N) is 2. The average Bonchev–Trinajstić information content (AvgIpc) is 3.00. The molecule has 2 amide bonds. The summed E-state index contributed by atoms with van der Waals surface area (Å²) in [5.41, 5.74) is 1.81. The number of esters is 1. The Morgan fingerprint density at radius 3 is 2.36 bits per heavy atom. The average molecular weight is 386 g/mol. The Labute approximate surface area is 164 Å². The van der Waals surface area contributed by atoms with Crippen molar-refractivity contribution in [3.05, 3.63) is 47.3 Å². The lowest BCUT2D eigenvalue weighted by molar-refractivity contribution is -0.121. The fourth-order valence-electron chi connectivity index (χ4n) is 2.56. The molecule has 8 nitrogen and oxygen atoms in total. The summed E-state index contributed by atoms with van der Waals surface area (Å²) in [7, 11) is 0. The van der Waals surface area contributed by atoms with Crippen molar-refractivity contribution in [2.75, 3.05) is 13.2 Å². The number of aromatic nitrogens is 2. The predicted octanol–water partition coefficient (Wildman–Crippen LogP) is 2.00. The largest absolute Gasteiger partial charge is 0.462 e. The highest BCUT2D eigenvalue weighted by molar-refractivity contribution is 5.96. The first-order valence-corrected chi connectivity index (χ1v) is 9.03. The van der Waals surface area contributed by atoms with Crippen LogP contribution in [0.4, 0.5) is 0 Å². The highest BCUT2D eigenvalue weighted by atomic mass is 16.5. The number of amides is 2. The second kappa shape index (κ2) is 8.69. The molecule has 1 aromatic heterocycles. The number of carbonyl (C=O) groups excluding carboxylic acids is 3. The summed E-state index contributed by atoms with van der Waals surface area (Å²) in [6.07, 6.45) is 1.46. The summed E-state index contributed by atoms with van der Waals surface area (Å²) in [6, 6.07) is 6.72. The zero-order valence-electron chi connectivity index (χ0n) is 16.8. The third kappa shape index (κ3) is 5.42. The molecule has 0 aliphatic heterocycles. The molecular weight excluding hydrogens is 360 g/mol. The molecule has 0 radical (unpaired) electrons. The summed E-state index contributed by atoms with van der Waals surface area (Å²) >= 11 is 0. The van der Waals surface area contributed by atoms with Crippen LogP contribution in [0, 0.1) is 6.92 Å². The van der Waals surface area contributed by atoms with Crippen molar-refractivity contribution in [1.82, 2.24) is 20.4 Å². The fraction of sp³-hybridized carbons (Fsp3) is 0.400. The SMILES string of the molecule is CCOC(=O)c1cnn(-c2ccc(C(=O)NCC(=O)NC(C)(C)C)cc2)c1C. The molecule has 0 aliphatic carbocycles. The summed E-state index contributed by atoms with van der Waals surface area (Å²) in [6.45, 7) is 9.32. The molecule has 2 aromatic rings. The van der Waals surface area contributed by atoms with E-state index in [9.17, 15) is 14.4 Å². The van der Waals surface area contributed by atoms with Crippen LogP contribution >= 0.6 is 0 Å². The van der Waals surface area contributed by atoms with Gasteiger partial charge in [-0.25, -0.2) is 9.48 Å². The number of hydrogen-bond acceptors (Lipinski definition) is 5. The highest BCUT2D eigenvalue weighted by Crippen LogP contribution is 2.16. The Bertz CT molecular complexity index is 863. The van der Waals surface area contributed by atoms with Crippen molar-refractivity contribution in [2.45, 2.75) is 40.2 Å². The molecule has 0 saturated carbocycles. The maximum absolute atomic E-state index is 12.2. The van der Waals surface area contributed by atoms with Gasteiger partial charge in [0, 0.05) is 11.1 Å². The first kappa shape index (κ1) is 21.1. The van der Waals surface area contributed by atoms with Crippen LogP contribution in [0.2, 0.25) is 0 Å². The van der Waals surface area contributed by atoms with E-state index in [1.54, 1.807) is 42.8 Å². The Balaban J connectivity index is 2.04. The van der Waals surface area contributed by atoms with Gasteiger partial charge in [-0.1, -0.05) is 0 Å². The molecule has 1 aromatic carbocycles. The second-order valence-electron chi connectivity index (χ2n) is 7.30. The van der Waals surface area contributed by atoms with E-state index in [1.807, 2.05) is 20.8 Å². The van der Waals surface area contributed by atoms with E-state index in [4.69, 9.17) is 4.74 Å². The van der Waals surface area contributed by atoms with Crippen LogP contribution in [0.25, 0.3) is 5.69 Å². The van der Waals surface area contributed by atoms with Crippen LogP contribution in [0.5, 0.6) is 0 Å². The minimum absolute atomic E-state index is 0.0982. The topological polar surface area (TPSA) is 102 Å². The highest BCUT2D eigenvalue weighted by Gasteiger charge is 2.17. The monoisotopic (exact) mass is 386 g/mol. The summed E-state index contributed by atoms with van der Waals surface area (Å²) in [5, 5.41) is 9.59. The molecular formula is C20H26N4O4. The van der Waals surface area contributed by atoms with Gasteiger partial charge in [0.15, 0.2) is 0 Å². The molecule has 2 N–H and O–H groups in total. The van der Waals surface area contributed by atoms with Crippen molar-refractivity contribution in [3.8, 4) is 5.69 Å². The van der Waals surface area contributed by atoms with Gasteiger partial charge < -0.3 is 15.4 Å². The Kier molecular flexibility index (Phi) is 6.56. The van der Waals surface area contributed by atoms with Gasteiger partial charge in [-0.05, 0) is 58.9 Å². The molecule has 0 unspecified atom stereocenters. The number of rotatable bonds is 6. The molecule has 1 heterocycles. The maximum atomic E-state index is 12.2. The van der Waals surface area contributed by atoms with Crippen LogP contribution in [-0.4, -0.2) is 46.3 Å². The Morgan fingerprint density at radius 1 is 1.14 bits per heavy atom. The zero-order valence-corrected chi connectivity index (χ0v) is 16.8. The molecule has 0 atom stereocenters. The Hall–Kier alpha value is -3.16. The standard InChI is InChI=1S/C20H26N4O4/c1-6-28-19(27)16-11-22-24(13(16)2)15-9-7-14(8-10-15)18(26)21-12-17(25)23-20(3,4)5/h7-11H,6,12H2,1-5H3,(H,21,26)(H,23,25). The minimum atomic E-state index is -0.421. The molecule has 0 bridgehead atoms. The summed E-state index contributed by atoms with van der Waals surface area (Å²) < 4.78 is 6.61. The lowest BCUT2D eigenvalue weighted by Crippen LogP contribution is -2.45. The number of ether oxygens (including phenoxy) is 1. The summed E-state index contributed by atoms with van der Waals surface area (Å²) in [5.74, 6) is -1.02. The molecule has 0 saturated heterocycles. The first-order chi connectivity index (χ1) is 13.1. The maximum Gasteiger partial charge on any atom is 0.341 e. The van der Waals surface area contributed by atoms with Crippen LogP contribution in [0.3, 0.4) is 0 Å². The van der Waals surface area contributed by atoms with E-state index in [-0.39, 0.29) is 23.9 Å². The number of benzene rings is 1. The van der Waals surface area contributed by atoms with Gasteiger partial charge in [0.05, 0.1) is 30.7 Å². The molecule has 0 spiro atoms. The van der Waals surface area contributed by atoms with Gasteiger partial charge >= 0.3 is 5.97 Å². The molecule has 28 heavy (non-hydrogen) atoms. The molecule has 150 valence electrons. The third-order valence-electron chi connectivity index (χ3n) is 3.80. The van der Waals surface area contributed by atoms with Crippen LogP contribution in [-0.2, 0) is 9.53 Å². The van der Waals surface area contributed by atoms with Gasteiger partial charge in [-0.15, -0.1) is 0 Å². The van der Waals surface area contributed by atoms with Gasteiger partial charge in [-0.2, -0.15) is 5.10 Å². The third-order valence-corrected chi connectivity index (χ3v) is 3.80. The van der Waals surface area contributed by atoms with Gasteiger partial charge in [0.2, 0.25) is 5.91 Å². The van der Waals surface area contributed by atoms with Gasteiger partial charge in [0.1, 0.15) is 5.56 Å². The van der Waals surface area contributed by atoms with E-state index in [1.165, 1.54) is 6.20 Å². The van der Waals surface area contributed by atoms with E-state index in [0.29, 0.717) is 29.1 Å². The van der Waals surface area contributed by atoms with Crippen LogP contribution in [0.1, 0.15) is 54.1 Å². The van der Waals surface area contributed by atoms with E-state index < -0.39 is 5.97 Å². The zero-order chi connectivity index (χ0) is 20.9. The number of nitrogens with zero attached hydrogens (tertiary/aromatic N) is 2. The lowest BCUT2D eigenvalue weighted by atomic mass is 10.1.